The Morgan fingerprint density at radius 2 is 1.77 bits per heavy atom. The Balaban J connectivity index is 2.13. The highest BCUT2D eigenvalue weighted by Crippen LogP contribution is 2.29. The average Bonchev–Trinajstić information content (AvgIpc) is 2.92. The molecule has 0 unspecified atom stereocenters. The van der Waals surface area contributed by atoms with Crippen LogP contribution in [0.4, 0.5) is 0 Å². The van der Waals surface area contributed by atoms with E-state index in [0.29, 0.717) is 16.4 Å². The number of carbonyl (C=O) groups is 1. The second kappa shape index (κ2) is 6.16. The Morgan fingerprint density at radius 1 is 1.09 bits per heavy atom. The van der Waals surface area contributed by atoms with E-state index < -0.39 is 0 Å². The van der Waals surface area contributed by atoms with Crippen LogP contribution in [0, 0.1) is 0 Å². The Bertz CT molecular complexity index is 792. The van der Waals surface area contributed by atoms with E-state index in [9.17, 15) is 4.79 Å². The van der Waals surface area contributed by atoms with E-state index >= 15 is 0 Å². The van der Waals surface area contributed by atoms with Gasteiger partial charge in [-0.25, -0.2) is 4.68 Å². The number of hydrogen-bond donors (Lipinski definition) is 0. The van der Waals surface area contributed by atoms with Gasteiger partial charge in [0, 0.05) is 5.56 Å². The molecule has 2 aromatic carbocycles. The lowest BCUT2D eigenvalue weighted by Gasteiger charge is -2.02. The molecular weight excluding hydrogens is 296 g/mol. The second-order valence-electron chi connectivity index (χ2n) is 4.97. The normalized spacial score (nSPS) is 10.6. The molecule has 1 aromatic heterocycles. The van der Waals surface area contributed by atoms with Crippen molar-refractivity contribution in [3.8, 4) is 16.9 Å². The molecule has 3 aromatic rings. The van der Waals surface area contributed by atoms with Crippen LogP contribution in [0.2, 0.25) is 5.15 Å². The summed E-state index contributed by atoms with van der Waals surface area (Å²) in [4.78, 5) is 11.5. The molecule has 0 saturated carbocycles. The van der Waals surface area contributed by atoms with E-state index in [-0.39, 0.29) is 0 Å². The second-order valence-corrected chi connectivity index (χ2v) is 5.33. The Labute approximate surface area is 134 Å². The van der Waals surface area contributed by atoms with E-state index in [0.717, 1.165) is 24.0 Å². The van der Waals surface area contributed by atoms with Gasteiger partial charge in [-0.15, -0.1) is 0 Å². The van der Waals surface area contributed by atoms with Gasteiger partial charge in [0.2, 0.25) is 0 Å². The molecule has 1 heterocycles. The number of aryl methyl sites for hydroxylation is 1. The zero-order chi connectivity index (χ0) is 15.5. The smallest absolute Gasteiger partial charge is 0.155 e. The molecule has 4 heteroatoms. The van der Waals surface area contributed by atoms with Gasteiger partial charge in [-0.1, -0.05) is 61.0 Å². The summed E-state index contributed by atoms with van der Waals surface area (Å²) in [5, 5.41) is 4.86. The molecular formula is C18H15ClN2O. The number of aromatic nitrogens is 2. The average molecular weight is 311 g/mol. The number of rotatable bonds is 4. The van der Waals surface area contributed by atoms with Crippen LogP contribution in [0.15, 0.2) is 54.6 Å². The predicted octanol–water partition coefficient (Wildman–Crippen LogP) is 4.57. The Morgan fingerprint density at radius 3 is 2.36 bits per heavy atom. The molecule has 0 radical (unpaired) electrons. The van der Waals surface area contributed by atoms with Gasteiger partial charge in [0.1, 0.15) is 10.8 Å². The molecule has 0 saturated heterocycles. The minimum absolute atomic E-state index is 0.329. The molecule has 0 bridgehead atoms. The zero-order valence-corrected chi connectivity index (χ0v) is 12.9. The highest BCUT2D eigenvalue weighted by Gasteiger charge is 2.18. The van der Waals surface area contributed by atoms with Crippen molar-refractivity contribution in [1.29, 1.82) is 0 Å². The van der Waals surface area contributed by atoms with Crippen molar-refractivity contribution in [3.63, 3.8) is 0 Å². The fraction of sp³-hybridized carbons (Fsp3) is 0.111. The first kappa shape index (κ1) is 14.5. The lowest BCUT2D eigenvalue weighted by atomic mass is 10.1. The van der Waals surface area contributed by atoms with Crippen LogP contribution in [0.25, 0.3) is 16.9 Å². The summed E-state index contributed by atoms with van der Waals surface area (Å²) >= 11 is 6.34. The van der Waals surface area contributed by atoms with Crippen LogP contribution >= 0.6 is 11.6 Å². The first-order valence-corrected chi connectivity index (χ1v) is 7.50. The maximum absolute atomic E-state index is 11.5. The first-order valence-electron chi connectivity index (χ1n) is 7.13. The quantitative estimate of drug-likeness (QED) is 0.662. The maximum Gasteiger partial charge on any atom is 0.155 e. The van der Waals surface area contributed by atoms with Gasteiger partial charge in [-0.3, -0.25) is 4.79 Å². The molecule has 0 aliphatic carbocycles. The number of carbonyl (C=O) groups excluding carboxylic acids is 1. The number of benzene rings is 2. The number of nitrogens with zero attached hydrogens (tertiary/aromatic N) is 2. The van der Waals surface area contributed by atoms with Crippen molar-refractivity contribution >= 4 is 17.9 Å². The maximum atomic E-state index is 11.5. The molecule has 0 aliphatic rings. The van der Waals surface area contributed by atoms with Crippen LogP contribution in [0.1, 0.15) is 22.8 Å². The van der Waals surface area contributed by atoms with Gasteiger partial charge in [-0.05, 0) is 24.1 Å². The predicted molar refractivity (Wildman–Crippen MR) is 88.8 cm³/mol. The van der Waals surface area contributed by atoms with Gasteiger partial charge >= 0.3 is 0 Å². The van der Waals surface area contributed by atoms with Crippen LogP contribution in [0.5, 0.6) is 0 Å². The number of para-hydroxylation sites is 1. The van der Waals surface area contributed by atoms with Crippen molar-refractivity contribution in [2.75, 3.05) is 0 Å². The van der Waals surface area contributed by atoms with E-state index in [4.69, 9.17) is 11.6 Å². The summed E-state index contributed by atoms with van der Waals surface area (Å²) in [6, 6.07) is 17.6. The molecule has 0 N–H and O–H groups in total. The number of aldehydes is 1. The minimum Gasteiger partial charge on any atom is -0.298 e. The molecule has 0 aliphatic heterocycles. The van der Waals surface area contributed by atoms with Crippen molar-refractivity contribution in [1.82, 2.24) is 9.78 Å². The summed E-state index contributed by atoms with van der Waals surface area (Å²) in [5.41, 5.74) is 3.97. The largest absolute Gasteiger partial charge is 0.298 e. The van der Waals surface area contributed by atoms with Crippen LogP contribution in [-0.2, 0) is 6.42 Å². The molecule has 110 valence electrons. The van der Waals surface area contributed by atoms with Crippen molar-refractivity contribution in [2.45, 2.75) is 13.3 Å². The molecule has 22 heavy (non-hydrogen) atoms. The van der Waals surface area contributed by atoms with Gasteiger partial charge < -0.3 is 0 Å². The van der Waals surface area contributed by atoms with E-state index in [1.54, 1.807) is 4.68 Å². The van der Waals surface area contributed by atoms with E-state index in [2.05, 4.69) is 12.0 Å². The fourth-order valence-electron chi connectivity index (χ4n) is 2.37. The van der Waals surface area contributed by atoms with Crippen molar-refractivity contribution < 1.29 is 4.79 Å². The first-order chi connectivity index (χ1) is 10.7. The van der Waals surface area contributed by atoms with Gasteiger partial charge in [0.05, 0.1) is 11.3 Å². The molecule has 0 atom stereocenters. The van der Waals surface area contributed by atoms with Gasteiger partial charge in [0.25, 0.3) is 0 Å². The zero-order valence-electron chi connectivity index (χ0n) is 12.2. The highest BCUT2D eigenvalue weighted by molar-refractivity contribution is 6.32. The van der Waals surface area contributed by atoms with Gasteiger partial charge in [-0.2, -0.15) is 5.10 Å². The summed E-state index contributed by atoms with van der Waals surface area (Å²) in [6.45, 7) is 2.10. The fourth-order valence-corrected chi connectivity index (χ4v) is 2.64. The monoisotopic (exact) mass is 310 g/mol. The van der Waals surface area contributed by atoms with Crippen LogP contribution in [0.3, 0.4) is 0 Å². The van der Waals surface area contributed by atoms with Crippen molar-refractivity contribution in [2.24, 2.45) is 0 Å². The third kappa shape index (κ3) is 2.55. The Kier molecular flexibility index (Phi) is 4.07. The molecule has 0 amide bonds. The molecule has 0 spiro atoms. The SMILES string of the molecule is CCc1ccc(-c2nn(-c3ccccc3)c(Cl)c2C=O)cc1. The van der Waals surface area contributed by atoms with Gasteiger partial charge in [0.15, 0.2) is 6.29 Å². The van der Waals surface area contributed by atoms with Crippen LogP contribution < -0.4 is 0 Å². The van der Waals surface area contributed by atoms with Crippen molar-refractivity contribution in [3.05, 3.63) is 70.9 Å². The number of halogens is 1. The van der Waals surface area contributed by atoms with E-state index in [1.165, 1.54) is 5.56 Å². The lowest BCUT2D eigenvalue weighted by Crippen LogP contribution is -1.96. The third-order valence-electron chi connectivity index (χ3n) is 3.62. The summed E-state index contributed by atoms with van der Waals surface area (Å²) in [7, 11) is 0. The minimum atomic E-state index is 0.329. The molecule has 3 rings (SSSR count). The highest BCUT2D eigenvalue weighted by atomic mass is 35.5. The number of hydrogen-bond acceptors (Lipinski definition) is 2. The van der Waals surface area contributed by atoms with Crippen LogP contribution in [-0.4, -0.2) is 16.1 Å². The van der Waals surface area contributed by atoms with E-state index in [1.807, 2.05) is 54.6 Å². The third-order valence-corrected chi connectivity index (χ3v) is 3.98. The molecule has 3 nitrogen and oxygen atoms in total. The topological polar surface area (TPSA) is 34.9 Å². The standard InChI is InChI=1S/C18H15ClN2O/c1-2-13-8-10-14(11-9-13)17-16(12-22)18(19)21(20-17)15-6-4-3-5-7-15/h3-12H,2H2,1H3. The summed E-state index contributed by atoms with van der Waals surface area (Å²) in [6.07, 6.45) is 1.73. The molecule has 0 fully saturated rings. The Hall–Kier alpha value is -2.39. The summed E-state index contributed by atoms with van der Waals surface area (Å²) in [5.74, 6) is 0. The lowest BCUT2D eigenvalue weighted by molar-refractivity contribution is 0.112. The summed E-state index contributed by atoms with van der Waals surface area (Å²) < 4.78 is 1.59.